The van der Waals surface area contributed by atoms with Crippen molar-refractivity contribution in [2.75, 3.05) is 0 Å². The third-order valence-electron chi connectivity index (χ3n) is 6.74. The number of aliphatic carboxylic acids is 1. The van der Waals surface area contributed by atoms with E-state index in [1.807, 2.05) is 39.0 Å². The fourth-order valence-electron chi connectivity index (χ4n) is 5.00. The SMILES string of the molecule is CC(C)(C)c1ccccc1OC(=O)C1(c2ccccc2)CC(O)=CC(C(=O)[O-])(c2ccccc2)C1. The summed E-state index contributed by atoms with van der Waals surface area (Å²) >= 11 is 0. The van der Waals surface area contributed by atoms with Gasteiger partial charge in [0.05, 0.1) is 17.1 Å². The summed E-state index contributed by atoms with van der Waals surface area (Å²) < 4.78 is 6.04. The highest BCUT2D eigenvalue weighted by Gasteiger charge is 2.53. The molecule has 3 aromatic rings. The Morgan fingerprint density at radius 1 is 0.857 bits per heavy atom. The Balaban J connectivity index is 1.89. The lowest BCUT2D eigenvalue weighted by atomic mass is 9.59. The summed E-state index contributed by atoms with van der Waals surface area (Å²) in [5.41, 5.74) is -1.62. The Bertz CT molecular complexity index is 1260. The van der Waals surface area contributed by atoms with Crippen molar-refractivity contribution in [2.24, 2.45) is 0 Å². The van der Waals surface area contributed by atoms with Crippen molar-refractivity contribution >= 4 is 11.9 Å². The summed E-state index contributed by atoms with van der Waals surface area (Å²) in [6, 6.07) is 24.8. The molecule has 1 N–H and O–H groups in total. The van der Waals surface area contributed by atoms with E-state index in [-0.39, 0.29) is 24.0 Å². The second kappa shape index (κ2) is 9.06. The predicted molar refractivity (Wildman–Crippen MR) is 132 cm³/mol. The lowest BCUT2D eigenvalue weighted by Gasteiger charge is -2.45. The first-order chi connectivity index (χ1) is 16.6. The van der Waals surface area contributed by atoms with Gasteiger partial charge in [0, 0.05) is 12.0 Å². The summed E-state index contributed by atoms with van der Waals surface area (Å²) in [5, 5.41) is 23.6. The predicted octanol–water partition coefficient (Wildman–Crippen LogP) is 4.75. The van der Waals surface area contributed by atoms with Crippen LogP contribution in [0.5, 0.6) is 5.75 Å². The average molecular weight is 470 g/mol. The molecule has 0 fully saturated rings. The number of ether oxygens (including phenoxy) is 1. The van der Waals surface area contributed by atoms with Crippen molar-refractivity contribution in [1.82, 2.24) is 0 Å². The van der Waals surface area contributed by atoms with Gasteiger partial charge in [0.2, 0.25) is 0 Å². The second-order valence-corrected chi connectivity index (χ2v) is 10.2. The number of hydrogen-bond donors (Lipinski definition) is 1. The van der Waals surface area contributed by atoms with Crippen molar-refractivity contribution < 1.29 is 24.5 Å². The van der Waals surface area contributed by atoms with E-state index < -0.39 is 22.8 Å². The quantitative estimate of drug-likeness (QED) is 0.430. The zero-order valence-electron chi connectivity index (χ0n) is 20.2. The maximum atomic E-state index is 14.1. The van der Waals surface area contributed by atoms with Crippen molar-refractivity contribution in [2.45, 2.75) is 49.9 Å². The summed E-state index contributed by atoms with van der Waals surface area (Å²) in [7, 11) is 0. The number of hydrogen-bond acceptors (Lipinski definition) is 5. The highest BCUT2D eigenvalue weighted by molar-refractivity contribution is 5.90. The van der Waals surface area contributed by atoms with Gasteiger partial charge < -0.3 is 19.7 Å². The van der Waals surface area contributed by atoms with Gasteiger partial charge >= 0.3 is 5.97 Å². The van der Waals surface area contributed by atoms with E-state index in [0.717, 1.165) is 5.56 Å². The Kier molecular flexibility index (Phi) is 6.28. The fraction of sp³-hybridized carbons (Fsp3) is 0.267. The number of benzene rings is 3. The van der Waals surface area contributed by atoms with Crippen LogP contribution < -0.4 is 9.84 Å². The van der Waals surface area contributed by atoms with Crippen LogP contribution in [0.1, 0.15) is 50.3 Å². The molecule has 0 heterocycles. The molecule has 4 rings (SSSR count). The lowest BCUT2D eigenvalue weighted by molar-refractivity contribution is -0.312. The molecular weight excluding hydrogens is 440 g/mol. The van der Waals surface area contributed by atoms with Gasteiger partial charge in [-0.15, -0.1) is 0 Å². The normalized spacial score (nSPS) is 22.2. The molecule has 0 radical (unpaired) electrons. The van der Waals surface area contributed by atoms with E-state index in [1.54, 1.807) is 66.7 Å². The third kappa shape index (κ3) is 4.46. The van der Waals surface area contributed by atoms with Gasteiger partial charge in [-0.05, 0) is 35.1 Å². The Morgan fingerprint density at radius 2 is 1.40 bits per heavy atom. The first kappa shape index (κ1) is 24.3. The number of rotatable bonds is 5. The molecule has 2 atom stereocenters. The molecule has 0 saturated heterocycles. The average Bonchev–Trinajstić information content (AvgIpc) is 2.84. The standard InChI is InChI=1S/C30H30O5/c1-28(2,3)24-16-10-11-17-25(24)35-27(34)30(22-14-8-5-9-15-22)19-23(31)18-29(20-30,26(32)33)21-12-6-4-7-13-21/h4-18,31H,19-20H2,1-3H3,(H,32,33)/p-1. The van der Waals surface area contributed by atoms with Crippen molar-refractivity contribution in [3.63, 3.8) is 0 Å². The summed E-state index contributed by atoms with van der Waals surface area (Å²) in [4.78, 5) is 26.8. The molecule has 0 aromatic heterocycles. The molecule has 180 valence electrons. The molecule has 0 saturated carbocycles. The minimum Gasteiger partial charge on any atom is -0.549 e. The zero-order chi connectivity index (χ0) is 25.3. The molecule has 2 unspecified atom stereocenters. The van der Waals surface area contributed by atoms with E-state index in [0.29, 0.717) is 16.9 Å². The minimum atomic E-state index is -1.72. The molecule has 0 spiro atoms. The van der Waals surface area contributed by atoms with Gasteiger partial charge in [-0.25, -0.2) is 0 Å². The molecule has 0 amide bonds. The summed E-state index contributed by atoms with van der Waals surface area (Å²) in [6.07, 6.45) is 1.06. The number of carboxylic acid groups (broad SMARTS) is 1. The highest BCUT2D eigenvalue weighted by Crippen LogP contribution is 2.49. The second-order valence-electron chi connectivity index (χ2n) is 10.2. The number of carbonyl (C=O) groups is 2. The Morgan fingerprint density at radius 3 is 1.97 bits per heavy atom. The van der Waals surface area contributed by atoms with Crippen LogP contribution in [0, 0.1) is 0 Å². The number of carbonyl (C=O) groups excluding carboxylic acids is 2. The van der Waals surface area contributed by atoms with E-state index in [1.165, 1.54) is 6.08 Å². The first-order valence-electron chi connectivity index (χ1n) is 11.6. The number of para-hydroxylation sites is 1. The lowest BCUT2D eigenvalue weighted by Crippen LogP contribution is -2.54. The van der Waals surface area contributed by atoms with Crippen LogP contribution >= 0.6 is 0 Å². The van der Waals surface area contributed by atoms with Crippen LogP contribution in [-0.2, 0) is 25.8 Å². The van der Waals surface area contributed by atoms with Gasteiger partial charge in [-0.2, -0.15) is 0 Å². The maximum Gasteiger partial charge on any atom is 0.322 e. The van der Waals surface area contributed by atoms with Crippen LogP contribution in [0.4, 0.5) is 0 Å². The van der Waals surface area contributed by atoms with Crippen molar-refractivity contribution in [3.05, 3.63) is 113 Å². The van der Waals surface area contributed by atoms with Gasteiger partial charge in [0.1, 0.15) is 11.2 Å². The zero-order valence-corrected chi connectivity index (χ0v) is 20.2. The van der Waals surface area contributed by atoms with Gasteiger partial charge in [0.25, 0.3) is 0 Å². The van der Waals surface area contributed by atoms with Crippen molar-refractivity contribution in [1.29, 1.82) is 0 Å². The topological polar surface area (TPSA) is 86.7 Å². The minimum absolute atomic E-state index is 0.0879. The molecule has 1 aliphatic rings. The van der Waals surface area contributed by atoms with Crippen LogP contribution in [0.15, 0.2) is 96.8 Å². The van der Waals surface area contributed by atoms with Gasteiger partial charge in [0.15, 0.2) is 0 Å². The third-order valence-corrected chi connectivity index (χ3v) is 6.74. The Hall–Kier alpha value is -3.86. The number of allylic oxidation sites excluding steroid dienone is 1. The number of aliphatic hydroxyl groups is 1. The molecular formula is C30H29O5-. The molecule has 0 bridgehead atoms. The van der Waals surface area contributed by atoms with Crippen LogP contribution in [0.2, 0.25) is 0 Å². The fourth-order valence-corrected chi connectivity index (χ4v) is 5.00. The summed E-state index contributed by atoms with van der Waals surface area (Å²) in [6.45, 7) is 6.08. The van der Waals surface area contributed by atoms with Crippen LogP contribution in [0.25, 0.3) is 0 Å². The molecule has 5 nitrogen and oxygen atoms in total. The molecule has 3 aromatic carbocycles. The smallest absolute Gasteiger partial charge is 0.322 e. The molecule has 5 heteroatoms. The Labute approximate surface area is 205 Å². The van der Waals surface area contributed by atoms with Crippen molar-refractivity contribution in [3.8, 4) is 5.75 Å². The summed E-state index contributed by atoms with van der Waals surface area (Å²) in [5.74, 6) is -1.80. The van der Waals surface area contributed by atoms with Gasteiger partial charge in [-0.3, -0.25) is 4.79 Å². The largest absolute Gasteiger partial charge is 0.549 e. The van der Waals surface area contributed by atoms with E-state index in [2.05, 4.69) is 0 Å². The number of carboxylic acids is 1. The first-order valence-corrected chi connectivity index (χ1v) is 11.6. The van der Waals surface area contributed by atoms with Crippen LogP contribution in [0.3, 0.4) is 0 Å². The molecule has 0 aliphatic heterocycles. The van der Waals surface area contributed by atoms with Crippen LogP contribution in [-0.4, -0.2) is 17.0 Å². The molecule has 35 heavy (non-hydrogen) atoms. The maximum absolute atomic E-state index is 14.1. The monoisotopic (exact) mass is 469 g/mol. The van der Waals surface area contributed by atoms with E-state index in [4.69, 9.17) is 4.74 Å². The van der Waals surface area contributed by atoms with Gasteiger partial charge in [-0.1, -0.05) is 99.6 Å². The highest BCUT2D eigenvalue weighted by atomic mass is 16.5. The molecule has 1 aliphatic carbocycles. The van der Waals surface area contributed by atoms with E-state index >= 15 is 0 Å². The number of esters is 1. The van der Waals surface area contributed by atoms with E-state index in [9.17, 15) is 19.8 Å². The number of aliphatic hydroxyl groups excluding tert-OH is 1.